The van der Waals surface area contributed by atoms with Gasteiger partial charge in [0, 0.05) is 23.8 Å². The van der Waals surface area contributed by atoms with Gasteiger partial charge < -0.3 is 14.6 Å². The summed E-state index contributed by atoms with van der Waals surface area (Å²) < 4.78 is 7.44. The molecule has 1 heterocycles. The Morgan fingerprint density at radius 3 is 2.89 bits per heavy atom. The van der Waals surface area contributed by atoms with Gasteiger partial charge in [0.25, 0.3) is 0 Å². The predicted molar refractivity (Wildman–Crippen MR) is 78.0 cm³/mol. The summed E-state index contributed by atoms with van der Waals surface area (Å²) >= 11 is 6.09. The number of nitrogens with zero attached hydrogens (tertiary/aromatic N) is 2. The maximum atomic E-state index is 6.09. The summed E-state index contributed by atoms with van der Waals surface area (Å²) in [6.07, 6.45) is 3.70. The molecular formula is C14H18ClN3O. The van der Waals surface area contributed by atoms with Crippen molar-refractivity contribution in [2.45, 2.75) is 26.9 Å². The summed E-state index contributed by atoms with van der Waals surface area (Å²) in [6, 6.07) is 3.82. The highest BCUT2D eigenvalue weighted by Gasteiger charge is 2.08. The van der Waals surface area contributed by atoms with Gasteiger partial charge in [-0.15, -0.1) is 0 Å². The quantitative estimate of drug-likeness (QED) is 0.911. The highest BCUT2D eigenvalue weighted by atomic mass is 35.5. The third kappa shape index (κ3) is 3.01. The molecule has 0 spiro atoms. The molecule has 5 heteroatoms. The van der Waals surface area contributed by atoms with E-state index in [-0.39, 0.29) is 0 Å². The van der Waals surface area contributed by atoms with Crippen molar-refractivity contribution in [3.05, 3.63) is 40.9 Å². The van der Waals surface area contributed by atoms with E-state index in [1.165, 1.54) is 0 Å². The number of halogens is 1. The van der Waals surface area contributed by atoms with E-state index >= 15 is 0 Å². The molecule has 0 aliphatic rings. The van der Waals surface area contributed by atoms with E-state index in [0.717, 1.165) is 29.2 Å². The lowest BCUT2D eigenvalue weighted by atomic mass is 10.2. The van der Waals surface area contributed by atoms with Gasteiger partial charge in [-0.1, -0.05) is 11.6 Å². The van der Waals surface area contributed by atoms with Crippen molar-refractivity contribution in [1.82, 2.24) is 9.55 Å². The zero-order chi connectivity index (χ0) is 13.8. The number of rotatable bonds is 5. The van der Waals surface area contributed by atoms with Crippen molar-refractivity contribution in [1.29, 1.82) is 0 Å². The van der Waals surface area contributed by atoms with Gasteiger partial charge in [-0.2, -0.15) is 0 Å². The molecule has 19 heavy (non-hydrogen) atoms. The Balaban J connectivity index is 2.17. The number of methoxy groups -OCH3 is 1. The molecule has 2 rings (SSSR count). The van der Waals surface area contributed by atoms with E-state index in [2.05, 4.69) is 21.8 Å². The Labute approximate surface area is 118 Å². The lowest BCUT2D eigenvalue weighted by Crippen LogP contribution is -2.07. The van der Waals surface area contributed by atoms with Crippen LogP contribution < -0.4 is 10.1 Å². The molecule has 1 aromatic carbocycles. The van der Waals surface area contributed by atoms with Crippen LogP contribution >= 0.6 is 11.6 Å². The normalized spacial score (nSPS) is 10.5. The molecule has 0 bridgehead atoms. The number of hydrogen-bond acceptors (Lipinski definition) is 3. The van der Waals surface area contributed by atoms with Gasteiger partial charge in [0.05, 0.1) is 31.4 Å². The summed E-state index contributed by atoms with van der Waals surface area (Å²) in [4.78, 5) is 4.15. The van der Waals surface area contributed by atoms with Gasteiger partial charge in [0.1, 0.15) is 5.75 Å². The Bertz CT molecular complexity index is 566. The van der Waals surface area contributed by atoms with E-state index in [4.69, 9.17) is 16.3 Å². The average molecular weight is 280 g/mol. The van der Waals surface area contributed by atoms with Gasteiger partial charge in [0.15, 0.2) is 0 Å². The van der Waals surface area contributed by atoms with Crippen LogP contribution in [-0.4, -0.2) is 16.7 Å². The van der Waals surface area contributed by atoms with Gasteiger partial charge in [-0.25, -0.2) is 4.98 Å². The van der Waals surface area contributed by atoms with Gasteiger partial charge >= 0.3 is 0 Å². The van der Waals surface area contributed by atoms with E-state index in [0.29, 0.717) is 11.6 Å². The fourth-order valence-corrected chi connectivity index (χ4v) is 2.09. The van der Waals surface area contributed by atoms with Crippen molar-refractivity contribution in [3.63, 3.8) is 0 Å². The number of benzene rings is 1. The first kappa shape index (κ1) is 13.7. The highest BCUT2D eigenvalue weighted by Crippen LogP contribution is 2.31. The molecule has 0 fully saturated rings. The number of aryl methyl sites for hydroxylation is 2. The summed E-state index contributed by atoms with van der Waals surface area (Å²) in [7, 11) is 1.64. The zero-order valence-electron chi connectivity index (χ0n) is 11.4. The Hall–Kier alpha value is -1.68. The monoisotopic (exact) mass is 279 g/mol. The molecule has 0 saturated carbocycles. The van der Waals surface area contributed by atoms with Crippen molar-refractivity contribution in [2.75, 3.05) is 12.4 Å². The molecule has 0 aliphatic heterocycles. The molecule has 2 aromatic rings. The smallest absolute Gasteiger partial charge is 0.143 e. The van der Waals surface area contributed by atoms with Crippen molar-refractivity contribution >= 4 is 17.3 Å². The third-order valence-electron chi connectivity index (χ3n) is 3.08. The molecule has 4 nitrogen and oxygen atoms in total. The number of imidazole rings is 1. The summed E-state index contributed by atoms with van der Waals surface area (Å²) in [5.41, 5.74) is 3.10. The standard InChI is InChI=1S/C14H18ClN3O/c1-4-18-9-16-7-11(18)8-17-13-5-10(2)12(15)6-14(13)19-3/h5-7,9,17H,4,8H2,1-3H3. The van der Waals surface area contributed by atoms with E-state index in [9.17, 15) is 0 Å². The molecular weight excluding hydrogens is 262 g/mol. The van der Waals surface area contributed by atoms with Crippen LogP contribution in [0.25, 0.3) is 0 Å². The first-order chi connectivity index (χ1) is 9.15. The number of nitrogens with one attached hydrogen (secondary N) is 1. The number of ether oxygens (including phenoxy) is 1. The van der Waals surface area contributed by atoms with Crippen LogP contribution in [0.1, 0.15) is 18.2 Å². The highest BCUT2D eigenvalue weighted by molar-refractivity contribution is 6.31. The van der Waals surface area contributed by atoms with Crippen molar-refractivity contribution in [2.24, 2.45) is 0 Å². The Kier molecular flexibility index (Phi) is 4.32. The van der Waals surface area contributed by atoms with Crippen LogP contribution in [0, 0.1) is 6.92 Å². The van der Waals surface area contributed by atoms with Crippen molar-refractivity contribution in [3.8, 4) is 5.75 Å². The van der Waals surface area contributed by atoms with E-state index in [1.807, 2.05) is 31.6 Å². The number of hydrogen-bond donors (Lipinski definition) is 1. The molecule has 0 atom stereocenters. The van der Waals surface area contributed by atoms with Gasteiger partial charge in [-0.3, -0.25) is 0 Å². The molecule has 1 aromatic heterocycles. The molecule has 0 saturated heterocycles. The van der Waals surface area contributed by atoms with E-state index in [1.54, 1.807) is 7.11 Å². The van der Waals surface area contributed by atoms with Crippen LogP contribution in [0.3, 0.4) is 0 Å². The fourth-order valence-electron chi connectivity index (χ4n) is 1.94. The maximum Gasteiger partial charge on any atom is 0.143 e. The van der Waals surface area contributed by atoms with Crippen molar-refractivity contribution < 1.29 is 4.74 Å². The minimum Gasteiger partial charge on any atom is -0.495 e. The molecule has 0 unspecified atom stereocenters. The van der Waals surface area contributed by atoms with Crippen LogP contribution in [0.4, 0.5) is 5.69 Å². The lowest BCUT2D eigenvalue weighted by molar-refractivity contribution is 0.416. The molecule has 0 aliphatic carbocycles. The van der Waals surface area contributed by atoms with Gasteiger partial charge in [-0.05, 0) is 25.5 Å². The minimum atomic E-state index is 0.700. The molecule has 1 N–H and O–H groups in total. The van der Waals surface area contributed by atoms with Gasteiger partial charge in [0.2, 0.25) is 0 Å². The summed E-state index contributed by atoms with van der Waals surface area (Å²) in [6.45, 7) is 5.68. The third-order valence-corrected chi connectivity index (χ3v) is 3.49. The summed E-state index contributed by atoms with van der Waals surface area (Å²) in [5.74, 6) is 0.748. The second kappa shape index (κ2) is 5.97. The average Bonchev–Trinajstić information content (AvgIpc) is 2.87. The first-order valence-electron chi connectivity index (χ1n) is 6.22. The zero-order valence-corrected chi connectivity index (χ0v) is 12.2. The molecule has 102 valence electrons. The second-order valence-corrected chi connectivity index (χ2v) is 4.73. The number of anilines is 1. The SMILES string of the molecule is CCn1cncc1CNc1cc(C)c(Cl)cc1OC. The van der Waals surface area contributed by atoms with Crippen LogP contribution in [0.15, 0.2) is 24.7 Å². The lowest BCUT2D eigenvalue weighted by Gasteiger charge is -2.13. The molecule has 0 radical (unpaired) electrons. The summed E-state index contributed by atoms with van der Waals surface area (Å²) in [5, 5.41) is 4.07. The van der Waals surface area contributed by atoms with Crippen LogP contribution in [-0.2, 0) is 13.1 Å². The first-order valence-corrected chi connectivity index (χ1v) is 6.60. The van der Waals surface area contributed by atoms with Crippen LogP contribution in [0.5, 0.6) is 5.75 Å². The minimum absolute atomic E-state index is 0.700. The second-order valence-electron chi connectivity index (χ2n) is 4.33. The fraction of sp³-hybridized carbons (Fsp3) is 0.357. The van der Waals surface area contributed by atoms with Crippen LogP contribution in [0.2, 0.25) is 5.02 Å². The van der Waals surface area contributed by atoms with E-state index < -0.39 is 0 Å². The number of aromatic nitrogens is 2. The Morgan fingerprint density at radius 1 is 1.42 bits per heavy atom. The maximum absolute atomic E-state index is 6.09. The topological polar surface area (TPSA) is 39.1 Å². The largest absolute Gasteiger partial charge is 0.495 e. The predicted octanol–water partition coefficient (Wildman–Crippen LogP) is 3.49. The Morgan fingerprint density at radius 2 is 2.21 bits per heavy atom. The molecule has 0 amide bonds.